The average molecular weight is 654 g/mol. The number of halogens is 1. The van der Waals surface area contributed by atoms with Gasteiger partial charge in [-0.1, -0.05) is 39.3 Å². The minimum atomic E-state index is -0.749. The molecule has 0 bridgehead atoms. The van der Waals surface area contributed by atoms with Crippen molar-refractivity contribution in [2.24, 2.45) is 46.3 Å². The van der Waals surface area contributed by atoms with Gasteiger partial charge in [0, 0.05) is 52.4 Å². The molecule has 0 unspecified atom stereocenters. The van der Waals surface area contributed by atoms with E-state index in [2.05, 4.69) is 53.8 Å². The lowest BCUT2D eigenvalue weighted by Gasteiger charge is -2.58. The van der Waals surface area contributed by atoms with Gasteiger partial charge in [-0.3, -0.25) is 4.79 Å². The van der Waals surface area contributed by atoms with Crippen LogP contribution in [-0.4, -0.2) is 56.7 Å². The number of hydrogen-bond acceptors (Lipinski definition) is 4. The van der Waals surface area contributed by atoms with Crippen LogP contribution in [0, 0.1) is 46.3 Å². The molecule has 4 nitrogen and oxygen atoms in total. The van der Waals surface area contributed by atoms with E-state index in [1.807, 2.05) is 0 Å². The van der Waals surface area contributed by atoms with E-state index in [0.29, 0.717) is 35.7 Å². The minimum Gasteiger partial charge on any atom is -1.00 e. The van der Waals surface area contributed by atoms with Gasteiger partial charge >= 0.3 is 5.97 Å². The first kappa shape index (κ1) is 32.4. The van der Waals surface area contributed by atoms with E-state index in [-0.39, 0.29) is 40.3 Å². The van der Waals surface area contributed by atoms with Crippen molar-refractivity contribution in [1.82, 2.24) is 0 Å². The zero-order chi connectivity index (χ0) is 28.5. The summed E-state index contributed by atoms with van der Waals surface area (Å²) in [6.07, 6.45) is 17.6. The summed E-state index contributed by atoms with van der Waals surface area (Å²) in [5, 5.41) is 0. The van der Waals surface area contributed by atoms with Crippen LogP contribution in [0.5, 0.6) is 0 Å². The summed E-state index contributed by atoms with van der Waals surface area (Å²) in [4.78, 5) is 12.7. The third-order valence-corrected chi connectivity index (χ3v) is 14.7. The highest BCUT2D eigenvalue weighted by Gasteiger charge is 2.68. The van der Waals surface area contributed by atoms with E-state index in [0.717, 1.165) is 56.5 Å². The van der Waals surface area contributed by atoms with Crippen LogP contribution in [-0.2, 0) is 19.0 Å². The molecule has 0 N–H and O–H groups in total. The highest BCUT2D eigenvalue weighted by atomic mass is 79.9. The zero-order valence-corrected chi connectivity index (χ0v) is 29.5. The maximum Gasteiger partial charge on any atom is 0.306 e. The first-order valence-corrected chi connectivity index (χ1v) is 20.2. The number of ether oxygens (including phenoxy) is 3. The Bertz CT molecular complexity index is 999. The average Bonchev–Trinajstić information content (AvgIpc) is 3.33. The molecule has 6 rings (SSSR count). The first-order valence-electron chi connectivity index (χ1n) is 16.9. The molecule has 5 fully saturated rings. The van der Waals surface area contributed by atoms with Gasteiger partial charge < -0.3 is 31.2 Å². The molecular formula is C35H58BrO4P. The minimum absolute atomic E-state index is 0. The molecule has 0 amide bonds. The highest BCUT2D eigenvalue weighted by Crippen LogP contribution is 2.70. The Balaban J connectivity index is 0.00000337. The molecule has 2 aliphatic heterocycles. The topological polar surface area (TPSA) is 44.8 Å². The number of fused-ring (bicyclic) bond motifs is 7. The Morgan fingerprint density at radius 1 is 1.05 bits per heavy atom. The second-order valence-electron chi connectivity index (χ2n) is 16.6. The first-order chi connectivity index (χ1) is 18.8. The van der Waals surface area contributed by atoms with Gasteiger partial charge in [0.05, 0.1) is 18.9 Å². The van der Waals surface area contributed by atoms with Crippen molar-refractivity contribution >= 4 is 13.2 Å². The van der Waals surface area contributed by atoms with Gasteiger partial charge in [0.15, 0.2) is 5.79 Å². The third kappa shape index (κ3) is 5.79. The van der Waals surface area contributed by atoms with Crippen LogP contribution in [0.25, 0.3) is 0 Å². The van der Waals surface area contributed by atoms with Crippen LogP contribution in [0.4, 0.5) is 0 Å². The fourth-order valence-corrected chi connectivity index (χ4v) is 12.0. The number of hydrogen-bond donors (Lipinski definition) is 0. The Morgan fingerprint density at radius 2 is 1.83 bits per heavy atom. The third-order valence-electron chi connectivity index (χ3n) is 13.1. The quantitative estimate of drug-likeness (QED) is 0.168. The van der Waals surface area contributed by atoms with Crippen LogP contribution in [0.1, 0.15) is 105 Å². The lowest BCUT2D eigenvalue weighted by molar-refractivity contribution is -0.272. The Hall–Kier alpha value is 0.0400. The van der Waals surface area contributed by atoms with Crippen molar-refractivity contribution in [3.63, 3.8) is 0 Å². The van der Waals surface area contributed by atoms with Crippen LogP contribution in [0.2, 0.25) is 0 Å². The van der Waals surface area contributed by atoms with Gasteiger partial charge in [-0.25, -0.2) is 0 Å². The number of unbranched alkanes of at least 4 members (excludes halogenated alkanes) is 1. The normalized spacial score (nSPS) is 47.0. The van der Waals surface area contributed by atoms with Crippen LogP contribution < -0.4 is 17.0 Å². The fraction of sp³-hybridized carbons (Fsp3) is 0.914. The van der Waals surface area contributed by atoms with Gasteiger partial charge in [0.2, 0.25) is 0 Å². The summed E-state index contributed by atoms with van der Waals surface area (Å²) < 4.78 is 19.5. The van der Waals surface area contributed by atoms with Gasteiger partial charge in [-0.2, -0.15) is 0 Å². The molecule has 4 aliphatic carbocycles. The standard InChI is InChI=1S/C35H58O4P.BrH/c1-23-13-18-35(37-22-23)24(2)32-30(39-35)21-29-27-12-11-25-20-26(38-31(36)10-8-9-19-40(5,6)7)14-16-33(25,3)28(27)15-17-34(29,32)4;/h11,23-24,26-30,32H,8-10,12-22H2,1-7H3;1H/q+1;/p-1/t23-,24+,26+,27-,28+,29+,30+,32+,33+,34+,35-;/m1./s1. The lowest BCUT2D eigenvalue weighted by atomic mass is 9.47. The number of allylic oxidation sites excluding steroid dienone is 1. The summed E-state index contributed by atoms with van der Waals surface area (Å²) >= 11 is 0. The van der Waals surface area contributed by atoms with Gasteiger partial charge in [0.1, 0.15) is 6.10 Å². The molecule has 41 heavy (non-hydrogen) atoms. The summed E-state index contributed by atoms with van der Waals surface area (Å²) in [5.41, 5.74) is 2.24. The molecule has 11 atom stereocenters. The predicted octanol–water partition coefficient (Wildman–Crippen LogP) is 5.35. The van der Waals surface area contributed by atoms with Crippen LogP contribution >= 0.6 is 7.26 Å². The van der Waals surface area contributed by atoms with Gasteiger partial charge in [-0.15, -0.1) is 0 Å². The van der Waals surface area contributed by atoms with E-state index in [4.69, 9.17) is 14.2 Å². The van der Waals surface area contributed by atoms with E-state index in [9.17, 15) is 4.79 Å². The summed E-state index contributed by atoms with van der Waals surface area (Å²) in [7, 11) is -0.749. The van der Waals surface area contributed by atoms with Crippen molar-refractivity contribution in [3.8, 4) is 0 Å². The maximum absolute atomic E-state index is 12.7. The number of carbonyl (C=O) groups is 1. The largest absolute Gasteiger partial charge is 1.00 e. The molecule has 6 heteroatoms. The molecule has 234 valence electrons. The molecular weight excluding hydrogens is 595 g/mol. The van der Waals surface area contributed by atoms with Crippen molar-refractivity contribution in [3.05, 3.63) is 11.6 Å². The van der Waals surface area contributed by atoms with Crippen molar-refractivity contribution in [2.75, 3.05) is 32.8 Å². The van der Waals surface area contributed by atoms with Crippen LogP contribution in [0.3, 0.4) is 0 Å². The molecule has 2 heterocycles. The molecule has 2 saturated heterocycles. The highest BCUT2D eigenvalue weighted by molar-refractivity contribution is 7.73. The van der Waals surface area contributed by atoms with Crippen molar-refractivity contribution in [1.29, 1.82) is 0 Å². The SMILES string of the molecule is C[C@@H]1CC[C@@]2(OC1)O[C@H]1C[C@H]3[C@@H]4CC=C5C[C@@H](OC(=O)CCCC[P+](C)(C)C)CC[C@]5(C)[C@H]4CC[C@]3(C)[C@H]1[C@@H]2C.[Br-]. The summed E-state index contributed by atoms with van der Waals surface area (Å²) in [6.45, 7) is 18.0. The summed E-state index contributed by atoms with van der Waals surface area (Å²) in [6, 6.07) is 0. The number of esters is 1. The van der Waals surface area contributed by atoms with Crippen LogP contribution in [0.15, 0.2) is 11.6 Å². The molecule has 0 aromatic heterocycles. The lowest BCUT2D eigenvalue weighted by Crippen LogP contribution is -3.00. The molecule has 6 aliphatic rings. The molecule has 1 spiro atoms. The molecule has 3 saturated carbocycles. The maximum atomic E-state index is 12.7. The van der Waals surface area contributed by atoms with Gasteiger partial charge in [-0.05, 0) is 98.2 Å². The van der Waals surface area contributed by atoms with Gasteiger partial charge in [0.25, 0.3) is 0 Å². The van der Waals surface area contributed by atoms with E-state index < -0.39 is 7.26 Å². The smallest absolute Gasteiger partial charge is 0.306 e. The molecule has 0 aromatic carbocycles. The predicted molar refractivity (Wildman–Crippen MR) is 165 cm³/mol. The Kier molecular flexibility index (Phi) is 9.30. The number of rotatable bonds is 6. The second kappa shape index (κ2) is 11.8. The van der Waals surface area contributed by atoms with E-state index >= 15 is 0 Å². The monoisotopic (exact) mass is 652 g/mol. The molecule has 0 radical (unpaired) electrons. The van der Waals surface area contributed by atoms with E-state index in [1.54, 1.807) is 5.57 Å². The van der Waals surface area contributed by atoms with E-state index in [1.165, 1.54) is 44.7 Å². The number of carbonyl (C=O) groups excluding carboxylic acids is 1. The Morgan fingerprint density at radius 3 is 2.54 bits per heavy atom. The van der Waals surface area contributed by atoms with Crippen molar-refractivity contribution in [2.45, 2.75) is 123 Å². The summed E-state index contributed by atoms with van der Waals surface area (Å²) in [5.74, 6) is 3.77. The Labute approximate surface area is 262 Å². The second-order valence-corrected chi connectivity index (χ2v) is 21.6. The van der Waals surface area contributed by atoms with Crippen molar-refractivity contribution < 1.29 is 36.0 Å². The zero-order valence-electron chi connectivity index (χ0n) is 27.1. The molecule has 0 aromatic rings. The fourth-order valence-electron chi connectivity index (χ4n) is 10.8.